The van der Waals surface area contributed by atoms with Gasteiger partial charge in [0.15, 0.2) is 0 Å². The maximum atomic E-state index is 11.7. The molecule has 0 radical (unpaired) electrons. The molecule has 1 aromatic carbocycles. The van der Waals surface area contributed by atoms with Crippen molar-refractivity contribution < 1.29 is 24.9 Å². The van der Waals surface area contributed by atoms with Gasteiger partial charge in [0.2, 0.25) is 0 Å². The molecule has 0 aliphatic rings. The first-order valence-electron chi connectivity index (χ1n) is 4.95. The van der Waals surface area contributed by atoms with Crippen LogP contribution in [0.5, 0.6) is 11.5 Å². The van der Waals surface area contributed by atoms with Gasteiger partial charge in [-0.25, -0.2) is 0 Å². The summed E-state index contributed by atoms with van der Waals surface area (Å²) in [6.45, 7) is 1.52. The summed E-state index contributed by atoms with van der Waals surface area (Å²) >= 11 is 0. The first kappa shape index (κ1) is 12.8. The molecule has 6 nitrogen and oxygen atoms in total. The van der Waals surface area contributed by atoms with Crippen molar-refractivity contribution in [2.75, 3.05) is 0 Å². The third-order valence-corrected chi connectivity index (χ3v) is 2.11. The highest BCUT2D eigenvalue weighted by molar-refractivity contribution is 5.99. The SMILES string of the molecule is CC(CC(=O)O)NC(=O)c1c(O)cccc1O. The average molecular weight is 239 g/mol. The first-order valence-corrected chi connectivity index (χ1v) is 4.95. The van der Waals surface area contributed by atoms with Crippen molar-refractivity contribution in [2.45, 2.75) is 19.4 Å². The molecule has 1 unspecified atom stereocenters. The third kappa shape index (κ3) is 3.37. The molecule has 1 atom stereocenters. The Morgan fingerprint density at radius 3 is 2.29 bits per heavy atom. The van der Waals surface area contributed by atoms with Crippen LogP contribution < -0.4 is 5.32 Å². The van der Waals surface area contributed by atoms with E-state index in [1.807, 2.05) is 0 Å². The van der Waals surface area contributed by atoms with Crippen LogP contribution in [0.2, 0.25) is 0 Å². The zero-order chi connectivity index (χ0) is 13.0. The van der Waals surface area contributed by atoms with Crippen molar-refractivity contribution in [3.8, 4) is 11.5 Å². The van der Waals surface area contributed by atoms with E-state index < -0.39 is 17.9 Å². The fraction of sp³-hybridized carbons (Fsp3) is 0.273. The van der Waals surface area contributed by atoms with Gasteiger partial charge in [0.05, 0.1) is 6.42 Å². The molecule has 0 saturated heterocycles. The Hall–Kier alpha value is -2.24. The summed E-state index contributed by atoms with van der Waals surface area (Å²) in [4.78, 5) is 22.1. The number of aliphatic carboxylic acids is 1. The number of carbonyl (C=O) groups is 2. The minimum Gasteiger partial charge on any atom is -0.507 e. The van der Waals surface area contributed by atoms with Crippen LogP contribution in [-0.4, -0.2) is 33.2 Å². The van der Waals surface area contributed by atoms with Gasteiger partial charge in [-0.2, -0.15) is 0 Å². The summed E-state index contributed by atoms with van der Waals surface area (Å²) in [7, 11) is 0. The van der Waals surface area contributed by atoms with Crippen LogP contribution in [0.25, 0.3) is 0 Å². The topological polar surface area (TPSA) is 107 Å². The van der Waals surface area contributed by atoms with E-state index in [1.54, 1.807) is 0 Å². The van der Waals surface area contributed by atoms with Gasteiger partial charge in [-0.1, -0.05) is 6.07 Å². The zero-order valence-corrected chi connectivity index (χ0v) is 9.17. The quantitative estimate of drug-likeness (QED) is 0.618. The highest BCUT2D eigenvalue weighted by Crippen LogP contribution is 2.25. The minimum absolute atomic E-state index is 0.236. The minimum atomic E-state index is -1.04. The number of carbonyl (C=O) groups excluding carboxylic acids is 1. The summed E-state index contributed by atoms with van der Waals surface area (Å²) < 4.78 is 0. The molecule has 0 saturated carbocycles. The van der Waals surface area contributed by atoms with Crippen LogP contribution in [0.4, 0.5) is 0 Å². The van der Waals surface area contributed by atoms with Crippen molar-refractivity contribution in [3.05, 3.63) is 23.8 Å². The van der Waals surface area contributed by atoms with Crippen molar-refractivity contribution in [2.24, 2.45) is 0 Å². The fourth-order valence-electron chi connectivity index (χ4n) is 1.37. The Bertz CT molecular complexity index is 423. The monoisotopic (exact) mass is 239 g/mol. The molecule has 6 heteroatoms. The van der Waals surface area contributed by atoms with Gasteiger partial charge in [0, 0.05) is 6.04 Å². The second-order valence-electron chi connectivity index (χ2n) is 3.64. The smallest absolute Gasteiger partial charge is 0.305 e. The number of nitrogens with one attached hydrogen (secondary N) is 1. The number of benzene rings is 1. The van der Waals surface area contributed by atoms with E-state index in [0.29, 0.717) is 0 Å². The summed E-state index contributed by atoms with van der Waals surface area (Å²) in [5.41, 5.74) is -0.260. The normalized spacial score (nSPS) is 11.8. The predicted molar refractivity (Wildman–Crippen MR) is 59.0 cm³/mol. The highest BCUT2D eigenvalue weighted by atomic mass is 16.4. The van der Waals surface area contributed by atoms with Crippen LogP contribution in [0, 0.1) is 0 Å². The number of hydrogen-bond donors (Lipinski definition) is 4. The summed E-state index contributed by atoms with van der Waals surface area (Å²) in [6, 6.07) is 3.31. The van der Waals surface area contributed by atoms with Crippen LogP contribution in [0.15, 0.2) is 18.2 Å². The number of hydrogen-bond acceptors (Lipinski definition) is 4. The van der Waals surface area contributed by atoms with Gasteiger partial charge < -0.3 is 20.6 Å². The highest BCUT2D eigenvalue weighted by Gasteiger charge is 2.18. The fourth-order valence-corrected chi connectivity index (χ4v) is 1.37. The van der Waals surface area contributed by atoms with Crippen LogP contribution in [0.1, 0.15) is 23.7 Å². The Kier molecular flexibility index (Phi) is 3.92. The number of rotatable bonds is 4. The van der Waals surface area contributed by atoms with Gasteiger partial charge in [-0.05, 0) is 19.1 Å². The van der Waals surface area contributed by atoms with Crippen molar-refractivity contribution in [1.82, 2.24) is 5.32 Å². The number of carboxylic acid groups (broad SMARTS) is 1. The maximum Gasteiger partial charge on any atom is 0.305 e. The summed E-state index contributed by atoms with van der Waals surface area (Å²) in [5, 5.41) is 29.7. The van der Waals surface area contributed by atoms with E-state index in [-0.39, 0.29) is 23.5 Å². The molecule has 1 rings (SSSR count). The molecule has 92 valence electrons. The van der Waals surface area contributed by atoms with E-state index in [4.69, 9.17) is 5.11 Å². The molecule has 0 aliphatic heterocycles. The van der Waals surface area contributed by atoms with E-state index in [2.05, 4.69) is 5.32 Å². The molecule has 4 N–H and O–H groups in total. The molecule has 1 amide bonds. The third-order valence-electron chi connectivity index (χ3n) is 2.11. The summed E-state index contributed by atoms with van der Waals surface area (Å²) in [5.74, 6) is -2.47. The molecular formula is C11H13NO5. The number of aromatic hydroxyl groups is 2. The largest absolute Gasteiger partial charge is 0.507 e. The van der Waals surface area contributed by atoms with Gasteiger partial charge in [0.25, 0.3) is 5.91 Å². The second-order valence-corrected chi connectivity index (χ2v) is 3.64. The van der Waals surface area contributed by atoms with E-state index in [1.165, 1.54) is 25.1 Å². The molecule has 0 spiro atoms. The van der Waals surface area contributed by atoms with E-state index in [9.17, 15) is 19.8 Å². The Morgan fingerprint density at radius 1 is 1.29 bits per heavy atom. The number of phenols is 2. The lowest BCUT2D eigenvalue weighted by Gasteiger charge is -2.13. The van der Waals surface area contributed by atoms with Gasteiger partial charge >= 0.3 is 5.97 Å². The zero-order valence-electron chi connectivity index (χ0n) is 9.17. The van der Waals surface area contributed by atoms with Crippen molar-refractivity contribution >= 4 is 11.9 Å². The lowest BCUT2D eigenvalue weighted by molar-refractivity contribution is -0.137. The van der Waals surface area contributed by atoms with Crippen LogP contribution in [-0.2, 0) is 4.79 Å². The summed E-state index contributed by atoms with van der Waals surface area (Å²) in [6.07, 6.45) is -0.236. The number of phenolic OH excluding ortho intramolecular Hbond substituents is 2. The Balaban J connectivity index is 2.80. The van der Waals surface area contributed by atoms with Crippen molar-refractivity contribution in [1.29, 1.82) is 0 Å². The standard InChI is InChI=1S/C11H13NO5/c1-6(5-9(15)16)12-11(17)10-7(13)3-2-4-8(10)14/h2-4,6,13-14H,5H2,1H3,(H,12,17)(H,15,16). The molecule has 17 heavy (non-hydrogen) atoms. The molecular weight excluding hydrogens is 226 g/mol. The van der Waals surface area contributed by atoms with Crippen LogP contribution in [0.3, 0.4) is 0 Å². The van der Waals surface area contributed by atoms with Crippen molar-refractivity contribution in [3.63, 3.8) is 0 Å². The van der Waals surface area contributed by atoms with Gasteiger partial charge in [0.1, 0.15) is 17.1 Å². The Morgan fingerprint density at radius 2 is 1.82 bits per heavy atom. The molecule has 0 heterocycles. The predicted octanol–water partition coefficient (Wildman–Crippen LogP) is 0.691. The van der Waals surface area contributed by atoms with E-state index in [0.717, 1.165) is 0 Å². The second kappa shape index (κ2) is 5.20. The van der Waals surface area contributed by atoms with Gasteiger partial charge in [-0.3, -0.25) is 9.59 Å². The molecule has 0 aliphatic carbocycles. The number of amides is 1. The number of carboxylic acids is 1. The van der Waals surface area contributed by atoms with Gasteiger partial charge in [-0.15, -0.1) is 0 Å². The lowest BCUT2D eigenvalue weighted by Crippen LogP contribution is -2.34. The molecule has 0 aromatic heterocycles. The molecule has 1 aromatic rings. The maximum absolute atomic E-state index is 11.7. The van der Waals surface area contributed by atoms with Crippen LogP contribution >= 0.6 is 0 Å². The average Bonchev–Trinajstić information content (AvgIpc) is 2.15. The molecule has 0 fully saturated rings. The molecule has 0 bridgehead atoms. The van der Waals surface area contributed by atoms with E-state index >= 15 is 0 Å². The lowest BCUT2D eigenvalue weighted by atomic mass is 10.1. The first-order chi connectivity index (χ1) is 7.91. The Labute approximate surface area is 97.5 Å².